The van der Waals surface area contributed by atoms with Crippen molar-refractivity contribution in [3.05, 3.63) is 48.5 Å². The molecule has 0 spiro atoms. The zero-order valence-electron chi connectivity index (χ0n) is 19.3. The maximum absolute atomic E-state index is 12.7. The second-order valence-electron chi connectivity index (χ2n) is 8.62. The number of nitrogens with zero attached hydrogens (tertiary/aromatic N) is 3. The monoisotopic (exact) mass is 437 g/mol. The van der Waals surface area contributed by atoms with E-state index in [0.717, 1.165) is 68.2 Å². The van der Waals surface area contributed by atoms with Crippen molar-refractivity contribution in [2.24, 2.45) is 0 Å². The lowest BCUT2D eigenvalue weighted by Gasteiger charge is -2.42. The Kier molecular flexibility index (Phi) is 7.66. The number of amides is 1. The van der Waals surface area contributed by atoms with Gasteiger partial charge in [0.05, 0.1) is 7.11 Å². The van der Waals surface area contributed by atoms with E-state index in [1.54, 1.807) is 7.11 Å². The largest absolute Gasteiger partial charge is 0.497 e. The minimum Gasteiger partial charge on any atom is -0.497 e. The number of piperidine rings is 1. The van der Waals surface area contributed by atoms with Crippen molar-refractivity contribution in [1.82, 2.24) is 14.7 Å². The number of piperazine rings is 1. The third kappa shape index (κ3) is 5.61. The van der Waals surface area contributed by atoms with Gasteiger partial charge in [0, 0.05) is 45.3 Å². The van der Waals surface area contributed by atoms with Gasteiger partial charge in [0.1, 0.15) is 11.5 Å². The van der Waals surface area contributed by atoms with E-state index in [2.05, 4.69) is 16.7 Å². The summed E-state index contributed by atoms with van der Waals surface area (Å²) in [6, 6.07) is 16.5. The van der Waals surface area contributed by atoms with E-state index >= 15 is 0 Å². The van der Waals surface area contributed by atoms with Crippen molar-refractivity contribution in [2.45, 2.75) is 25.8 Å². The summed E-state index contributed by atoms with van der Waals surface area (Å²) < 4.78 is 11.0. The van der Waals surface area contributed by atoms with E-state index < -0.39 is 0 Å². The molecule has 2 saturated heterocycles. The van der Waals surface area contributed by atoms with E-state index in [9.17, 15) is 4.79 Å². The molecule has 2 fully saturated rings. The predicted octanol–water partition coefficient (Wildman–Crippen LogP) is 3.37. The summed E-state index contributed by atoms with van der Waals surface area (Å²) in [5.74, 6) is 1.65. The van der Waals surface area contributed by atoms with Crippen LogP contribution in [0.5, 0.6) is 11.5 Å². The Balaban J connectivity index is 1.21. The van der Waals surface area contributed by atoms with Gasteiger partial charge in [-0.25, -0.2) is 0 Å². The fourth-order valence-corrected chi connectivity index (χ4v) is 4.69. The molecule has 0 aliphatic carbocycles. The highest BCUT2D eigenvalue weighted by molar-refractivity contribution is 5.78. The quantitative estimate of drug-likeness (QED) is 0.665. The molecular formula is C26H35N3O3. The lowest BCUT2D eigenvalue weighted by molar-refractivity contribution is -0.135. The number of likely N-dealkylation sites (tertiary alicyclic amines) is 1. The molecular weight excluding hydrogens is 402 g/mol. The molecule has 2 aromatic rings. The zero-order chi connectivity index (χ0) is 22.3. The van der Waals surface area contributed by atoms with Gasteiger partial charge in [-0.15, -0.1) is 0 Å². The van der Waals surface area contributed by atoms with Crippen molar-refractivity contribution < 1.29 is 14.3 Å². The fraction of sp³-hybridized carbons (Fsp3) is 0.500. The maximum Gasteiger partial charge on any atom is 0.260 e. The Morgan fingerprint density at radius 3 is 1.94 bits per heavy atom. The number of rotatable bonds is 7. The van der Waals surface area contributed by atoms with Gasteiger partial charge >= 0.3 is 0 Å². The molecule has 4 rings (SSSR count). The fourth-order valence-electron chi connectivity index (χ4n) is 4.69. The molecule has 0 radical (unpaired) electrons. The summed E-state index contributed by atoms with van der Waals surface area (Å²) in [6.07, 6.45) is 2.13. The van der Waals surface area contributed by atoms with Crippen LogP contribution in [0.4, 0.5) is 0 Å². The van der Waals surface area contributed by atoms with Crippen LogP contribution in [0.3, 0.4) is 0 Å². The van der Waals surface area contributed by atoms with Crippen molar-refractivity contribution in [3.63, 3.8) is 0 Å². The average Bonchev–Trinajstić information content (AvgIpc) is 2.88. The van der Waals surface area contributed by atoms with E-state index in [0.29, 0.717) is 6.04 Å². The van der Waals surface area contributed by atoms with Crippen molar-refractivity contribution in [3.8, 4) is 22.6 Å². The van der Waals surface area contributed by atoms with Gasteiger partial charge in [-0.1, -0.05) is 31.2 Å². The molecule has 0 N–H and O–H groups in total. The number of carbonyl (C=O) groups excluding carboxylic acids is 1. The number of hydrogen-bond donors (Lipinski definition) is 0. The van der Waals surface area contributed by atoms with Gasteiger partial charge in [-0.3, -0.25) is 9.69 Å². The molecule has 6 nitrogen and oxygen atoms in total. The molecule has 32 heavy (non-hydrogen) atoms. The second-order valence-corrected chi connectivity index (χ2v) is 8.62. The van der Waals surface area contributed by atoms with E-state index in [1.165, 1.54) is 13.1 Å². The summed E-state index contributed by atoms with van der Waals surface area (Å²) >= 11 is 0. The Hall–Kier alpha value is -2.57. The normalized spacial score (nSPS) is 18.5. The summed E-state index contributed by atoms with van der Waals surface area (Å²) in [6.45, 7) is 9.78. The van der Waals surface area contributed by atoms with Crippen LogP contribution in [-0.4, -0.2) is 86.2 Å². The van der Waals surface area contributed by atoms with Crippen molar-refractivity contribution in [2.75, 3.05) is 59.5 Å². The van der Waals surface area contributed by atoms with Crippen LogP contribution in [-0.2, 0) is 4.79 Å². The lowest BCUT2D eigenvalue weighted by Crippen LogP contribution is -2.54. The van der Waals surface area contributed by atoms with E-state index in [-0.39, 0.29) is 12.5 Å². The summed E-state index contributed by atoms with van der Waals surface area (Å²) in [7, 11) is 1.67. The first-order valence-electron chi connectivity index (χ1n) is 11.8. The molecule has 2 aromatic carbocycles. The van der Waals surface area contributed by atoms with E-state index in [1.807, 2.05) is 53.4 Å². The van der Waals surface area contributed by atoms with Gasteiger partial charge in [0.15, 0.2) is 6.61 Å². The number of ether oxygens (including phenoxy) is 2. The first kappa shape index (κ1) is 22.6. The minimum absolute atomic E-state index is 0.0819. The maximum atomic E-state index is 12.7. The molecule has 0 unspecified atom stereocenters. The molecule has 2 heterocycles. The standard InChI is InChI=1S/C26H35N3O3/c1-3-27-16-18-28(19-17-27)23-12-14-29(15-13-23)26(30)20-32-25-10-6-22(7-11-25)21-4-8-24(31-2)9-5-21/h4-11,23H,3,12-20H2,1-2H3. The van der Waals surface area contributed by atoms with Gasteiger partial charge in [0.2, 0.25) is 0 Å². The van der Waals surface area contributed by atoms with Crippen LogP contribution in [0, 0.1) is 0 Å². The van der Waals surface area contributed by atoms with Crippen molar-refractivity contribution in [1.29, 1.82) is 0 Å². The summed E-state index contributed by atoms with van der Waals surface area (Å²) in [5, 5.41) is 0. The Labute approximate surface area is 191 Å². The zero-order valence-corrected chi connectivity index (χ0v) is 19.3. The summed E-state index contributed by atoms with van der Waals surface area (Å²) in [4.78, 5) is 19.7. The smallest absolute Gasteiger partial charge is 0.260 e. The Morgan fingerprint density at radius 2 is 1.41 bits per heavy atom. The van der Waals surface area contributed by atoms with Gasteiger partial charge in [-0.2, -0.15) is 0 Å². The third-order valence-electron chi connectivity index (χ3n) is 6.83. The van der Waals surface area contributed by atoms with Gasteiger partial charge in [-0.05, 0) is 54.8 Å². The van der Waals surface area contributed by atoms with Crippen LogP contribution in [0.15, 0.2) is 48.5 Å². The number of benzene rings is 2. The Bertz CT molecular complexity index is 853. The summed E-state index contributed by atoms with van der Waals surface area (Å²) in [5.41, 5.74) is 2.22. The first-order chi connectivity index (χ1) is 15.7. The third-order valence-corrected chi connectivity index (χ3v) is 6.83. The number of hydrogen-bond acceptors (Lipinski definition) is 5. The van der Waals surface area contributed by atoms with Gasteiger partial charge < -0.3 is 19.3 Å². The number of carbonyl (C=O) groups is 1. The van der Waals surface area contributed by atoms with E-state index in [4.69, 9.17) is 9.47 Å². The molecule has 2 aliphatic rings. The molecule has 2 aliphatic heterocycles. The Morgan fingerprint density at radius 1 is 0.844 bits per heavy atom. The highest BCUT2D eigenvalue weighted by Gasteiger charge is 2.28. The molecule has 1 amide bonds. The van der Waals surface area contributed by atoms with Crippen LogP contribution in [0.25, 0.3) is 11.1 Å². The molecule has 172 valence electrons. The molecule has 0 atom stereocenters. The van der Waals surface area contributed by atoms with Crippen LogP contribution in [0.1, 0.15) is 19.8 Å². The SMILES string of the molecule is CCN1CCN(C2CCN(C(=O)COc3ccc(-c4ccc(OC)cc4)cc3)CC2)CC1. The molecule has 0 aromatic heterocycles. The van der Waals surface area contributed by atoms with Crippen LogP contribution in [0.2, 0.25) is 0 Å². The molecule has 6 heteroatoms. The average molecular weight is 438 g/mol. The van der Waals surface area contributed by atoms with Gasteiger partial charge in [0.25, 0.3) is 5.91 Å². The first-order valence-corrected chi connectivity index (χ1v) is 11.8. The highest BCUT2D eigenvalue weighted by Crippen LogP contribution is 2.25. The number of likely N-dealkylation sites (N-methyl/N-ethyl adjacent to an activating group) is 1. The number of methoxy groups -OCH3 is 1. The minimum atomic E-state index is 0.0819. The lowest BCUT2D eigenvalue weighted by atomic mass is 10.0. The highest BCUT2D eigenvalue weighted by atomic mass is 16.5. The predicted molar refractivity (Wildman–Crippen MR) is 127 cm³/mol. The van der Waals surface area contributed by atoms with Crippen molar-refractivity contribution >= 4 is 5.91 Å². The topological polar surface area (TPSA) is 45.2 Å². The van der Waals surface area contributed by atoms with Crippen LogP contribution >= 0.6 is 0 Å². The molecule has 0 bridgehead atoms. The molecule has 0 saturated carbocycles. The second kappa shape index (κ2) is 10.8. The van der Waals surface area contributed by atoms with Crippen LogP contribution < -0.4 is 9.47 Å².